The van der Waals surface area contributed by atoms with Crippen molar-refractivity contribution >= 4 is 5.91 Å². The van der Waals surface area contributed by atoms with Gasteiger partial charge < -0.3 is 9.88 Å². The number of hydrogen-bond donors (Lipinski definition) is 1. The van der Waals surface area contributed by atoms with Crippen molar-refractivity contribution in [2.24, 2.45) is 0 Å². The largest absolute Gasteiger partial charge is 0.348 e. The Hall–Kier alpha value is -2.92. The summed E-state index contributed by atoms with van der Waals surface area (Å²) in [5, 5.41) is 3.03. The molecule has 0 unspecified atom stereocenters. The minimum Gasteiger partial charge on any atom is -0.348 e. The fraction of sp³-hybridized carbons (Fsp3) is 0.385. The van der Waals surface area contributed by atoms with Crippen LogP contribution in [0.4, 0.5) is 0 Å². The molecule has 1 fully saturated rings. The predicted octanol–water partition coefficient (Wildman–Crippen LogP) is 4.55. The van der Waals surface area contributed by atoms with Crippen LogP contribution in [0.15, 0.2) is 60.9 Å². The first-order valence-electron chi connectivity index (χ1n) is 11.3. The average molecular weight is 417 g/mol. The average Bonchev–Trinajstić information content (AvgIpc) is 3.02. The summed E-state index contributed by atoms with van der Waals surface area (Å²) in [6.07, 6.45) is 9.10. The molecule has 1 aliphatic heterocycles. The van der Waals surface area contributed by atoms with Crippen molar-refractivity contribution in [3.05, 3.63) is 89.0 Å². The summed E-state index contributed by atoms with van der Waals surface area (Å²) in [4.78, 5) is 19.3. The highest BCUT2D eigenvalue weighted by molar-refractivity contribution is 5.94. The van der Waals surface area contributed by atoms with Gasteiger partial charge in [0.1, 0.15) is 5.82 Å². The van der Waals surface area contributed by atoms with Gasteiger partial charge in [-0.05, 0) is 61.7 Å². The van der Waals surface area contributed by atoms with Crippen LogP contribution in [0.2, 0.25) is 0 Å². The van der Waals surface area contributed by atoms with E-state index in [1.807, 2.05) is 31.5 Å². The second-order valence-electron chi connectivity index (χ2n) is 8.49. The summed E-state index contributed by atoms with van der Waals surface area (Å²) >= 11 is 0. The Morgan fingerprint density at radius 3 is 2.13 bits per heavy atom. The first kappa shape index (κ1) is 21.3. The number of benzene rings is 2. The first-order chi connectivity index (χ1) is 15.2. The molecule has 2 aromatic carbocycles. The predicted molar refractivity (Wildman–Crippen MR) is 124 cm³/mol. The molecule has 3 aromatic rings. The van der Waals surface area contributed by atoms with Crippen molar-refractivity contribution in [2.75, 3.05) is 13.1 Å². The summed E-state index contributed by atoms with van der Waals surface area (Å²) in [6, 6.07) is 16.4. The molecule has 0 atom stereocenters. The van der Waals surface area contributed by atoms with Gasteiger partial charge in [-0.2, -0.15) is 0 Å². The smallest absolute Gasteiger partial charge is 0.251 e. The first-order valence-corrected chi connectivity index (χ1v) is 11.3. The molecule has 1 aliphatic rings. The summed E-state index contributed by atoms with van der Waals surface area (Å²) in [6.45, 7) is 6.69. The lowest BCUT2D eigenvalue weighted by Crippen LogP contribution is -2.24. The standard InChI is InChI=1S/C26H32N4O/c1-21-27-14-17-30(21)20-24-8-6-22(7-9-24)18-28-26(31)25-12-10-23(11-13-25)19-29-15-4-2-3-5-16-29/h6-14,17H,2-5,15-16,18-20H2,1H3,(H,28,31). The molecule has 2 heterocycles. The molecule has 1 aromatic heterocycles. The zero-order chi connectivity index (χ0) is 21.5. The fourth-order valence-electron chi connectivity index (χ4n) is 4.13. The number of aromatic nitrogens is 2. The van der Waals surface area contributed by atoms with Crippen molar-refractivity contribution in [2.45, 2.75) is 52.2 Å². The molecule has 4 rings (SSSR count). The number of amides is 1. The molecule has 0 aliphatic carbocycles. The zero-order valence-electron chi connectivity index (χ0n) is 18.4. The number of nitrogens with zero attached hydrogens (tertiary/aromatic N) is 3. The van der Waals surface area contributed by atoms with Crippen LogP contribution >= 0.6 is 0 Å². The van der Waals surface area contributed by atoms with Crippen molar-refractivity contribution in [3.63, 3.8) is 0 Å². The van der Waals surface area contributed by atoms with Crippen LogP contribution < -0.4 is 5.32 Å². The van der Waals surface area contributed by atoms with E-state index in [4.69, 9.17) is 0 Å². The van der Waals surface area contributed by atoms with Crippen molar-refractivity contribution in [3.8, 4) is 0 Å². The Bertz CT molecular complexity index is 967. The summed E-state index contributed by atoms with van der Waals surface area (Å²) in [5.41, 5.74) is 4.31. The van der Waals surface area contributed by atoms with Crippen LogP contribution in [0.5, 0.6) is 0 Å². The van der Waals surface area contributed by atoms with Gasteiger partial charge in [-0.25, -0.2) is 4.98 Å². The number of hydrogen-bond acceptors (Lipinski definition) is 3. The van der Waals surface area contributed by atoms with Gasteiger partial charge in [-0.15, -0.1) is 0 Å². The maximum absolute atomic E-state index is 12.5. The summed E-state index contributed by atoms with van der Waals surface area (Å²) in [5.74, 6) is 0.980. The normalized spacial score (nSPS) is 14.9. The molecule has 162 valence electrons. The molecule has 1 amide bonds. The Kier molecular flexibility index (Phi) is 7.15. The van der Waals surface area contributed by atoms with Crippen LogP contribution in [-0.4, -0.2) is 33.4 Å². The minimum atomic E-state index is -0.0283. The number of likely N-dealkylation sites (tertiary alicyclic amines) is 1. The number of nitrogens with one attached hydrogen (secondary N) is 1. The molecular weight excluding hydrogens is 384 g/mol. The molecule has 31 heavy (non-hydrogen) atoms. The van der Waals surface area contributed by atoms with Gasteiger partial charge in [-0.1, -0.05) is 49.2 Å². The van der Waals surface area contributed by atoms with Crippen LogP contribution in [0.3, 0.4) is 0 Å². The van der Waals surface area contributed by atoms with Gasteiger partial charge in [0.05, 0.1) is 0 Å². The molecule has 0 saturated carbocycles. The van der Waals surface area contributed by atoms with Gasteiger partial charge in [0.2, 0.25) is 0 Å². The molecule has 0 spiro atoms. The lowest BCUT2D eigenvalue weighted by atomic mass is 10.1. The Morgan fingerprint density at radius 1 is 0.871 bits per heavy atom. The Labute approximate surface area is 185 Å². The van der Waals surface area contributed by atoms with Crippen molar-refractivity contribution in [1.82, 2.24) is 19.8 Å². The molecule has 1 saturated heterocycles. The molecule has 5 nitrogen and oxygen atoms in total. The van der Waals surface area contributed by atoms with Crippen LogP contribution in [0, 0.1) is 6.92 Å². The maximum Gasteiger partial charge on any atom is 0.251 e. The Balaban J connectivity index is 1.26. The van der Waals surface area contributed by atoms with Gasteiger partial charge in [0, 0.05) is 37.6 Å². The lowest BCUT2D eigenvalue weighted by molar-refractivity contribution is 0.0951. The number of carbonyl (C=O) groups is 1. The van der Waals surface area contributed by atoms with Crippen molar-refractivity contribution < 1.29 is 4.79 Å². The van der Waals surface area contributed by atoms with Crippen LogP contribution in [-0.2, 0) is 19.6 Å². The SMILES string of the molecule is Cc1nccn1Cc1ccc(CNC(=O)c2ccc(CN3CCCCCC3)cc2)cc1. The summed E-state index contributed by atoms with van der Waals surface area (Å²) < 4.78 is 2.12. The van der Waals surface area contributed by atoms with E-state index in [1.54, 1.807) is 0 Å². The van der Waals surface area contributed by atoms with Gasteiger partial charge in [-0.3, -0.25) is 9.69 Å². The van der Waals surface area contributed by atoms with E-state index in [0.29, 0.717) is 12.1 Å². The fourth-order valence-corrected chi connectivity index (χ4v) is 4.13. The molecular formula is C26H32N4O. The topological polar surface area (TPSA) is 50.2 Å². The van der Waals surface area contributed by atoms with E-state index >= 15 is 0 Å². The number of imidazole rings is 1. The second kappa shape index (κ2) is 10.4. The molecule has 0 bridgehead atoms. The third kappa shape index (κ3) is 6.05. The molecule has 0 radical (unpaired) electrons. The minimum absolute atomic E-state index is 0.0283. The quantitative estimate of drug-likeness (QED) is 0.615. The van der Waals surface area contributed by atoms with E-state index in [1.165, 1.54) is 49.9 Å². The number of rotatable bonds is 7. The van der Waals surface area contributed by atoms with E-state index in [9.17, 15) is 4.79 Å². The van der Waals surface area contributed by atoms with Crippen LogP contribution in [0.1, 0.15) is 58.6 Å². The molecule has 5 heteroatoms. The van der Waals surface area contributed by atoms with E-state index < -0.39 is 0 Å². The molecule has 1 N–H and O–H groups in total. The monoisotopic (exact) mass is 416 g/mol. The Morgan fingerprint density at radius 2 is 1.48 bits per heavy atom. The van der Waals surface area contributed by atoms with Gasteiger partial charge in [0.25, 0.3) is 5.91 Å². The lowest BCUT2D eigenvalue weighted by Gasteiger charge is -2.19. The highest BCUT2D eigenvalue weighted by Crippen LogP contribution is 2.14. The second-order valence-corrected chi connectivity index (χ2v) is 8.49. The van der Waals surface area contributed by atoms with Gasteiger partial charge >= 0.3 is 0 Å². The maximum atomic E-state index is 12.5. The highest BCUT2D eigenvalue weighted by Gasteiger charge is 2.10. The highest BCUT2D eigenvalue weighted by atomic mass is 16.1. The third-order valence-corrected chi connectivity index (χ3v) is 6.07. The van der Waals surface area contributed by atoms with Crippen LogP contribution in [0.25, 0.3) is 0 Å². The van der Waals surface area contributed by atoms with E-state index in [2.05, 4.69) is 56.2 Å². The van der Waals surface area contributed by atoms with E-state index in [-0.39, 0.29) is 5.91 Å². The summed E-state index contributed by atoms with van der Waals surface area (Å²) in [7, 11) is 0. The van der Waals surface area contributed by atoms with Crippen molar-refractivity contribution in [1.29, 1.82) is 0 Å². The zero-order valence-corrected chi connectivity index (χ0v) is 18.4. The van der Waals surface area contributed by atoms with E-state index in [0.717, 1.165) is 24.5 Å². The number of aryl methyl sites for hydroxylation is 1. The number of carbonyl (C=O) groups excluding carboxylic acids is 1. The third-order valence-electron chi connectivity index (χ3n) is 6.07. The van der Waals surface area contributed by atoms with Gasteiger partial charge in [0.15, 0.2) is 0 Å².